The summed E-state index contributed by atoms with van der Waals surface area (Å²) >= 11 is 12.4. The van der Waals surface area contributed by atoms with Crippen LogP contribution < -0.4 is 15.5 Å². The Morgan fingerprint density at radius 2 is 1.94 bits per heavy atom. The number of nitrogens with zero attached hydrogens (tertiary/aromatic N) is 1. The van der Waals surface area contributed by atoms with Crippen LogP contribution in [-0.4, -0.2) is 11.8 Å². The molecule has 2 heterocycles. The monoisotopic (exact) mass is 457 g/mol. The normalized spacial score (nSPS) is 17.5. The van der Waals surface area contributed by atoms with Gasteiger partial charge in [-0.05, 0) is 35.4 Å². The topological polar surface area (TPSA) is 94.4 Å². The fourth-order valence-electron chi connectivity index (χ4n) is 3.60. The molecular formula is C22H17Cl2N3O4. The highest BCUT2D eigenvalue weighted by molar-refractivity contribution is 6.35. The number of rotatable bonds is 5. The fraction of sp³-hybridized carbons (Fsp3) is 0.136. The van der Waals surface area contributed by atoms with Crippen molar-refractivity contribution < 1.29 is 19.2 Å². The number of hydrogen-bond acceptors (Lipinski definition) is 4. The molecule has 31 heavy (non-hydrogen) atoms. The van der Waals surface area contributed by atoms with Crippen molar-refractivity contribution in [1.29, 1.82) is 0 Å². The van der Waals surface area contributed by atoms with Crippen molar-refractivity contribution in [3.8, 4) is 0 Å². The van der Waals surface area contributed by atoms with E-state index in [9.17, 15) is 14.8 Å². The van der Waals surface area contributed by atoms with Gasteiger partial charge in [-0.1, -0.05) is 47.5 Å². The van der Waals surface area contributed by atoms with Crippen molar-refractivity contribution >= 4 is 35.0 Å². The van der Waals surface area contributed by atoms with Crippen LogP contribution in [-0.2, 0) is 16.2 Å². The molecule has 0 unspecified atom stereocenters. The maximum atomic E-state index is 13.2. The molecule has 3 aromatic rings. The Bertz CT molecular complexity index is 1160. The third-order valence-corrected chi connectivity index (χ3v) is 5.55. The first-order valence-electron chi connectivity index (χ1n) is 9.38. The number of hydroxylamine groups is 1. The van der Waals surface area contributed by atoms with Gasteiger partial charge in [0, 0.05) is 27.2 Å². The molecule has 0 saturated carbocycles. The summed E-state index contributed by atoms with van der Waals surface area (Å²) in [6.45, 7) is 0.00190. The molecule has 0 radical (unpaired) electrons. The summed E-state index contributed by atoms with van der Waals surface area (Å²) in [6.07, 6.45) is 2.70. The van der Waals surface area contributed by atoms with Crippen molar-refractivity contribution in [3.63, 3.8) is 0 Å². The van der Waals surface area contributed by atoms with Crippen molar-refractivity contribution in [2.45, 2.75) is 18.6 Å². The first kappa shape index (κ1) is 21.1. The lowest BCUT2D eigenvalue weighted by molar-refractivity contribution is -0.606. The number of benzene rings is 2. The van der Waals surface area contributed by atoms with Crippen molar-refractivity contribution in [3.05, 3.63) is 104 Å². The molecule has 2 N–H and O–H groups in total. The predicted octanol–water partition coefficient (Wildman–Crippen LogP) is 3.44. The Labute approximate surface area is 188 Å². The summed E-state index contributed by atoms with van der Waals surface area (Å²) in [6, 6.07) is 14.3. The van der Waals surface area contributed by atoms with Crippen molar-refractivity contribution in [1.82, 2.24) is 10.8 Å². The predicted molar refractivity (Wildman–Crippen MR) is 114 cm³/mol. The SMILES string of the molecule is O=C1N[C@@H](c2ccc(Cl)cc2Cl)[C@H](C(=O)NOCc2ccc[n+]([O-])c2)c2ccccc21. The molecule has 2 aromatic carbocycles. The summed E-state index contributed by atoms with van der Waals surface area (Å²) in [4.78, 5) is 31.2. The van der Waals surface area contributed by atoms with Crippen LogP contribution in [0.1, 0.15) is 39.0 Å². The smallest absolute Gasteiger partial charge is 0.253 e. The summed E-state index contributed by atoms with van der Waals surface area (Å²) in [5.74, 6) is -1.57. The molecule has 158 valence electrons. The van der Waals surface area contributed by atoms with Crippen LogP contribution in [0, 0.1) is 5.21 Å². The van der Waals surface area contributed by atoms with E-state index in [-0.39, 0.29) is 12.5 Å². The van der Waals surface area contributed by atoms with Crippen molar-refractivity contribution in [2.75, 3.05) is 0 Å². The Balaban J connectivity index is 1.62. The number of carbonyl (C=O) groups is 2. The first-order chi connectivity index (χ1) is 14.9. The van der Waals surface area contributed by atoms with Gasteiger partial charge in [0.15, 0.2) is 12.4 Å². The zero-order valence-electron chi connectivity index (χ0n) is 16.0. The fourth-order valence-corrected chi connectivity index (χ4v) is 4.13. The van der Waals surface area contributed by atoms with Crippen LogP contribution in [0.15, 0.2) is 67.0 Å². The van der Waals surface area contributed by atoms with Gasteiger partial charge in [-0.25, -0.2) is 5.48 Å². The van der Waals surface area contributed by atoms with Crippen molar-refractivity contribution in [2.24, 2.45) is 0 Å². The summed E-state index contributed by atoms with van der Waals surface area (Å²) < 4.78 is 0.645. The van der Waals surface area contributed by atoms with Crippen LogP contribution in [0.25, 0.3) is 0 Å². The van der Waals surface area contributed by atoms with Gasteiger partial charge >= 0.3 is 0 Å². The van der Waals surface area contributed by atoms with Gasteiger partial charge in [0.05, 0.1) is 12.0 Å². The second-order valence-electron chi connectivity index (χ2n) is 7.01. The van der Waals surface area contributed by atoms with Crippen LogP contribution in [0.3, 0.4) is 0 Å². The highest BCUT2D eigenvalue weighted by atomic mass is 35.5. The average Bonchev–Trinajstić information content (AvgIpc) is 2.74. The third-order valence-electron chi connectivity index (χ3n) is 4.99. The summed E-state index contributed by atoms with van der Waals surface area (Å²) in [7, 11) is 0. The van der Waals surface area contributed by atoms with Gasteiger partial charge in [-0.2, -0.15) is 4.73 Å². The van der Waals surface area contributed by atoms with E-state index >= 15 is 0 Å². The highest BCUT2D eigenvalue weighted by Crippen LogP contribution is 2.40. The highest BCUT2D eigenvalue weighted by Gasteiger charge is 2.40. The second kappa shape index (κ2) is 8.93. The van der Waals surface area contributed by atoms with Crippen LogP contribution in [0.4, 0.5) is 0 Å². The molecule has 0 fully saturated rings. The number of amides is 2. The molecule has 2 amide bonds. The van der Waals surface area contributed by atoms with E-state index in [4.69, 9.17) is 28.0 Å². The Kier molecular flexibility index (Phi) is 6.08. The number of carbonyl (C=O) groups excluding carboxylic acids is 2. The minimum Gasteiger partial charge on any atom is -0.619 e. The molecular weight excluding hydrogens is 441 g/mol. The quantitative estimate of drug-likeness (QED) is 0.348. The maximum absolute atomic E-state index is 13.2. The molecule has 2 atom stereocenters. The van der Waals surface area contributed by atoms with Gasteiger partial charge in [-0.3, -0.25) is 14.4 Å². The van der Waals surface area contributed by atoms with E-state index in [1.54, 1.807) is 54.6 Å². The minimum absolute atomic E-state index is 0.00190. The molecule has 7 nitrogen and oxygen atoms in total. The molecule has 0 saturated heterocycles. The van der Waals surface area contributed by atoms with Crippen LogP contribution >= 0.6 is 23.2 Å². The Morgan fingerprint density at radius 1 is 1.13 bits per heavy atom. The number of fused-ring (bicyclic) bond motifs is 1. The molecule has 1 aromatic heterocycles. The van der Waals surface area contributed by atoms with Gasteiger partial charge in [0.25, 0.3) is 11.8 Å². The van der Waals surface area contributed by atoms with E-state index in [1.807, 2.05) is 0 Å². The summed E-state index contributed by atoms with van der Waals surface area (Å²) in [5, 5.41) is 15.0. The number of pyridine rings is 1. The van der Waals surface area contributed by atoms with E-state index in [0.717, 1.165) is 0 Å². The van der Waals surface area contributed by atoms with Crippen LogP contribution in [0.5, 0.6) is 0 Å². The van der Waals surface area contributed by atoms with Gasteiger partial charge in [0.1, 0.15) is 6.61 Å². The largest absolute Gasteiger partial charge is 0.619 e. The molecule has 0 aliphatic carbocycles. The number of aromatic nitrogens is 1. The van der Waals surface area contributed by atoms with Crippen LogP contribution in [0.2, 0.25) is 10.0 Å². The molecule has 0 spiro atoms. The lowest BCUT2D eigenvalue weighted by atomic mass is 9.80. The van der Waals surface area contributed by atoms with E-state index in [0.29, 0.717) is 37.0 Å². The lowest BCUT2D eigenvalue weighted by Crippen LogP contribution is -2.44. The van der Waals surface area contributed by atoms with E-state index < -0.39 is 17.9 Å². The summed E-state index contributed by atoms with van der Waals surface area (Å²) in [5.41, 5.74) is 4.54. The maximum Gasteiger partial charge on any atom is 0.253 e. The zero-order chi connectivity index (χ0) is 22.0. The molecule has 1 aliphatic heterocycles. The minimum atomic E-state index is -0.798. The number of halogens is 2. The average molecular weight is 458 g/mol. The zero-order valence-corrected chi connectivity index (χ0v) is 17.6. The van der Waals surface area contributed by atoms with Gasteiger partial charge in [-0.15, -0.1) is 0 Å². The molecule has 0 bridgehead atoms. The molecule has 4 rings (SSSR count). The second-order valence-corrected chi connectivity index (χ2v) is 7.85. The molecule has 9 heteroatoms. The van der Waals surface area contributed by atoms with Gasteiger partial charge in [0.2, 0.25) is 0 Å². The number of hydrogen-bond donors (Lipinski definition) is 2. The lowest BCUT2D eigenvalue weighted by Gasteiger charge is -2.33. The Hall–Kier alpha value is -3.13. The number of nitrogens with one attached hydrogen (secondary N) is 2. The third kappa shape index (κ3) is 4.49. The van der Waals surface area contributed by atoms with E-state index in [2.05, 4.69) is 10.8 Å². The van der Waals surface area contributed by atoms with E-state index in [1.165, 1.54) is 12.4 Å². The first-order valence-corrected chi connectivity index (χ1v) is 10.1. The Morgan fingerprint density at radius 3 is 2.71 bits per heavy atom. The van der Waals surface area contributed by atoms with Gasteiger partial charge < -0.3 is 10.5 Å². The molecule has 1 aliphatic rings. The standard InChI is InChI=1S/C22H17Cl2N3O4/c23-14-7-8-17(18(24)10-14)20-19(15-5-1-2-6-16(15)21(28)25-20)22(29)26-31-12-13-4-3-9-27(30)11-13/h1-11,19-20H,12H2,(H,25,28)(H,26,29)/t19-,20+/m1/s1.